The van der Waals surface area contributed by atoms with Crippen LogP contribution >= 0.6 is 0 Å². The van der Waals surface area contributed by atoms with Gasteiger partial charge in [0.2, 0.25) is 15.9 Å². The molecule has 1 saturated heterocycles. The zero-order chi connectivity index (χ0) is 18.0. The molecule has 2 aromatic rings. The number of benzene rings is 1. The lowest BCUT2D eigenvalue weighted by atomic mass is 10.2. The minimum atomic E-state index is -3.22. The number of sulfonamides is 1. The average molecular weight is 368 g/mol. The molecule has 0 bridgehead atoms. The third-order valence-corrected chi connectivity index (χ3v) is 5.65. The Hall–Kier alpha value is -2.00. The van der Waals surface area contributed by atoms with Crippen molar-refractivity contribution >= 4 is 27.0 Å². The molecule has 7 nitrogen and oxygen atoms in total. The van der Waals surface area contributed by atoms with E-state index >= 15 is 0 Å². The lowest BCUT2D eigenvalue weighted by molar-refractivity contribution is -0.131. The van der Waals surface area contributed by atoms with Gasteiger partial charge in [-0.05, 0) is 24.6 Å². The number of halogens is 1. The van der Waals surface area contributed by atoms with E-state index in [2.05, 4.69) is 9.97 Å². The molecular weight excluding hydrogens is 347 g/mol. The fraction of sp³-hybridized carbons (Fsp3) is 0.500. The number of rotatable bonds is 4. The number of carbonyl (C=O) groups excluding carboxylic acids is 1. The lowest BCUT2D eigenvalue weighted by Crippen LogP contribution is -2.37. The summed E-state index contributed by atoms with van der Waals surface area (Å²) in [5, 5.41) is 0. The maximum Gasteiger partial charge on any atom is 0.223 e. The topological polar surface area (TPSA) is 86.4 Å². The van der Waals surface area contributed by atoms with Crippen LogP contribution in [0.4, 0.5) is 4.39 Å². The van der Waals surface area contributed by atoms with Crippen molar-refractivity contribution in [2.24, 2.45) is 0 Å². The molecule has 0 saturated carbocycles. The van der Waals surface area contributed by atoms with Gasteiger partial charge in [0.15, 0.2) is 0 Å². The van der Waals surface area contributed by atoms with Gasteiger partial charge in [-0.15, -0.1) is 0 Å². The zero-order valence-corrected chi connectivity index (χ0v) is 14.9. The predicted octanol–water partition coefficient (Wildman–Crippen LogP) is 1.13. The number of amides is 1. The molecule has 136 valence electrons. The van der Waals surface area contributed by atoms with Gasteiger partial charge in [-0.1, -0.05) is 0 Å². The number of imidazole rings is 1. The van der Waals surface area contributed by atoms with E-state index in [9.17, 15) is 17.6 Å². The molecule has 2 heterocycles. The second-order valence-electron chi connectivity index (χ2n) is 6.24. The summed E-state index contributed by atoms with van der Waals surface area (Å²) in [6, 6.07) is 4.33. The molecule has 1 aliphatic rings. The molecule has 0 spiro atoms. The van der Waals surface area contributed by atoms with Gasteiger partial charge in [0, 0.05) is 39.0 Å². The van der Waals surface area contributed by atoms with Gasteiger partial charge < -0.3 is 9.88 Å². The molecule has 1 aromatic heterocycles. The first-order valence-corrected chi connectivity index (χ1v) is 10.0. The summed E-state index contributed by atoms with van der Waals surface area (Å²) in [6.07, 6.45) is 2.53. The Morgan fingerprint density at radius 2 is 2.08 bits per heavy atom. The maximum absolute atomic E-state index is 13.2. The number of hydrogen-bond acceptors (Lipinski definition) is 4. The zero-order valence-electron chi connectivity index (χ0n) is 14.0. The van der Waals surface area contributed by atoms with E-state index in [1.54, 1.807) is 11.0 Å². The molecule has 25 heavy (non-hydrogen) atoms. The van der Waals surface area contributed by atoms with Crippen LogP contribution in [0.3, 0.4) is 0 Å². The molecule has 0 unspecified atom stereocenters. The largest absolute Gasteiger partial charge is 0.342 e. The number of nitrogens with zero attached hydrogens (tertiary/aromatic N) is 3. The van der Waals surface area contributed by atoms with E-state index in [-0.39, 0.29) is 18.1 Å². The van der Waals surface area contributed by atoms with E-state index < -0.39 is 10.0 Å². The van der Waals surface area contributed by atoms with Crippen LogP contribution in [0.2, 0.25) is 0 Å². The molecule has 1 aliphatic heterocycles. The third kappa shape index (κ3) is 4.35. The SMILES string of the molecule is CS(=O)(=O)N1CCCN(C(=O)CCc2nc3ccc(F)cc3[nH]2)CC1. The number of hydrogen-bond donors (Lipinski definition) is 1. The van der Waals surface area contributed by atoms with Gasteiger partial charge in [-0.25, -0.2) is 22.1 Å². The molecule has 1 fully saturated rings. The fourth-order valence-corrected chi connectivity index (χ4v) is 3.89. The van der Waals surface area contributed by atoms with E-state index in [1.165, 1.54) is 22.7 Å². The summed E-state index contributed by atoms with van der Waals surface area (Å²) in [5.74, 6) is 0.280. The summed E-state index contributed by atoms with van der Waals surface area (Å²) in [6.45, 7) is 1.72. The third-order valence-electron chi connectivity index (χ3n) is 4.35. The minimum absolute atomic E-state index is 0.0259. The Morgan fingerprint density at radius 1 is 1.28 bits per heavy atom. The van der Waals surface area contributed by atoms with Gasteiger partial charge in [0.1, 0.15) is 11.6 Å². The van der Waals surface area contributed by atoms with Crippen molar-refractivity contribution in [2.75, 3.05) is 32.4 Å². The second kappa shape index (κ2) is 7.09. The lowest BCUT2D eigenvalue weighted by Gasteiger charge is -2.20. The standard InChI is InChI=1S/C16H21FN4O3S/c1-25(23,24)21-8-2-7-20(9-10-21)16(22)6-5-15-18-13-4-3-12(17)11-14(13)19-15/h3-4,11H,2,5-10H2,1H3,(H,18,19). The van der Waals surface area contributed by atoms with Crippen molar-refractivity contribution in [2.45, 2.75) is 19.3 Å². The molecule has 0 radical (unpaired) electrons. The first kappa shape index (κ1) is 17.8. The first-order valence-electron chi connectivity index (χ1n) is 8.20. The number of H-pyrrole nitrogens is 1. The highest BCUT2D eigenvalue weighted by molar-refractivity contribution is 7.88. The van der Waals surface area contributed by atoms with Crippen LogP contribution in [0.25, 0.3) is 11.0 Å². The van der Waals surface area contributed by atoms with E-state index in [4.69, 9.17) is 0 Å². The molecule has 1 N–H and O–H groups in total. The first-order chi connectivity index (χ1) is 11.8. The number of aromatic nitrogens is 2. The van der Waals surface area contributed by atoms with Crippen molar-refractivity contribution in [3.63, 3.8) is 0 Å². The number of aryl methyl sites for hydroxylation is 1. The van der Waals surface area contributed by atoms with Gasteiger partial charge in [-0.2, -0.15) is 0 Å². The molecule has 0 atom stereocenters. The van der Waals surface area contributed by atoms with Crippen molar-refractivity contribution in [3.8, 4) is 0 Å². The highest BCUT2D eigenvalue weighted by Crippen LogP contribution is 2.14. The highest BCUT2D eigenvalue weighted by atomic mass is 32.2. The summed E-state index contributed by atoms with van der Waals surface area (Å²) in [4.78, 5) is 21.5. The number of carbonyl (C=O) groups is 1. The van der Waals surface area contributed by atoms with Crippen molar-refractivity contribution in [1.82, 2.24) is 19.2 Å². The summed E-state index contributed by atoms with van der Waals surface area (Å²) < 4.78 is 37.9. The molecule has 0 aliphatic carbocycles. The van der Waals surface area contributed by atoms with E-state index in [0.717, 1.165) is 0 Å². The van der Waals surface area contributed by atoms with Gasteiger partial charge >= 0.3 is 0 Å². The molecule has 1 amide bonds. The highest BCUT2D eigenvalue weighted by Gasteiger charge is 2.23. The summed E-state index contributed by atoms with van der Waals surface area (Å²) >= 11 is 0. The summed E-state index contributed by atoms with van der Waals surface area (Å²) in [5.41, 5.74) is 1.28. The number of aromatic amines is 1. The quantitative estimate of drug-likeness (QED) is 0.876. The van der Waals surface area contributed by atoms with Gasteiger partial charge in [-0.3, -0.25) is 4.79 Å². The Balaban J connectivity index is 1.58. The Labute approximate surface area is 145 Å². The predicted molar refractivity (Wildman–Crippen MR) is 92.0 cm³/mol. The average Bonchev–Trinajstić information content (AvgIpc) is 2.77. The van der Waals surface area contributed by atoms with E-state index in [0.29, 0.717) is 55.9 Å². The van der Waals surface area contributed by atoms with Crippen LogP contribution in [0.5, 0.6) is 0 Å². The minimum Gasteiger partial charge on any atom is -0.342 e. The fourth-order valence-electron chi connectivity index (χ4n) is 3.01. The van der Waals surface area contributed by atoms with Crippen LogP contribution < -0.4 is 0 Å². The normalized spacial score (nSPS) is 17.0. The second-order valence-corrected chi connectivity index (χ2v) is 8.22. The Morgan fingerprint density at radius 3 is 2.84 bits per heavy atom. The molecule has 1 aromatic carbocycles. The van der Waals surface area contributed by atoms with Crippen molar-refractivity contribution < 1.29 is 17.6 Å². The number of fused-ring (bicyclic) bond motifs is 1. The van der Waals surface area contributed by atoms with Crippen LogP contribution in [0.1, 0.15) is 18.7 Å². The van der Waals surface area contributed by atoms with Gasteiger partial charge in [0.25, 0.3) is 0 Å². The summed E-state index contributed by atoms with van der Waals surface area (Å²) in [7, 11) is -3.22. The van der Waals surface area contributed by atoms with Crippen molar-refractivity contribution in [1.29, 1.82) is 0 Å². The molecule has 9 heteroatoms. The number of nitrogens with one attached hydrogen (secondary N) is 1. The monoisotopic (exact) mass is 368 g/mol. The Bertz CT molecular complexity index is 881. The van der Waals surface area contributed by atoms with E-state index in [1.807, 2.05) is 0 Å². The Kier molecular flexibility index (Phi) is 5.05. The molecular formula is C16H21FN4O3S. The molecule has 3 rings (SSSR count). The van der Waals surface area contributed by atoms with Crippen LogP contribution in [0.15, 0.2) is 18.2 Å². The van der Waals surface area contributed by atoms with Crippen LogP contribution in [-0.2, 0) is 21.2 Å². The van der Waals surface area contributed by atoms with Crippen LogP contribution in [0, 0.1) is 5.82 Å². The van der Waals surface area contributed by atoms with Crippen molar-refractivity contribution in [3.05, 3.63) is 29.8 Å². The smallest absolute Gasteiger partial charge is 0.223 e. The maximum atomic E-state index is 13.2. The van der Waals surface area contributed by atoms with Gasteiger partial charge in [0.05, 0.1) is 17.3 Å². The van der Waals surface area contributed by atoms with Crippen LogP contribution in [-0.4, -0.2) is 65.9 Å².